The molecule has 0 aromatic heterocycles. The first-order valence-electron chi connectivity index (χ1n) is 6.29. The molecule has 1 aromatic rings. The van der Waals surface area contributed by atoms with Crippen molar-refractivity contribution in [1.29, 1.82) is 0 Å². The molecule has 1 rings (SSSR count). The summed E-state index contributed by atoms with van der Waals surface area (Å²) < 4.78 is 5.34. The van der Waals surface area contributed by atoms with Crippen LogP contribution in [0.2, 0.25) is 0 Å². The molecule has 18 heavy (non-hydrogen) atoms. The summed E-state index contributed by atoms with van der Waals surface area (Å²) >= 11 is 0. The van der Waals surface area contributed by atoms with Crippen LogP contribution >= 0.6 is 0 Å². The minimum Gasteiger partial charge on any atom is -0.456 e. The van der Waals surface area contributed by atoms with Crippen LogP contribution in [0.1, 0.15) is 56.6 Å². The number of hydrogen-bond donors (Lipinski definition) is 1. The van der Waals surface area contributed by atoms with E-state index >= 15 is 0 Å². The molecular formula is C15H23NO2. The van der Waals surface area contributed by atoms with Crippen molar-refractivity contribution in [2.45, 2.75) is 46.3 Å². The molecule has 0 amide bonds. The van der Waals surface area contributed by atoms with Gasteiger partial charge in [0, 0.05) is 6.04 Å². The maximum absolute atomic E-state index is 11.9. The molecule has 0 radical (unpaired) electrons. The zero-order valence-corrected chi connectivity index (χ0v) is 11.9. The van der Waals surface area contributed by atoms with Gasteiger partial charge >= 0.3 is 5.97 Å². The molecule has 0 saturated heterocycles. The normalized spacial score (nSPS) is 13.5. The van der Waals surface area contributed by atoms with Gasteiger partial charge < -0.3 is 10.5 Å². The van der Waals surface area contributed by atoms with Crippen LogP contribution in [-0.2, 0) is 4.74 Å². The molecule has 0 bridgehead atoms. The van der Waals surface area contributed by atoms with Gasteiger partial charge in [-0.3, -0.25) is 0 Å². The maximum atomic E-state index is 11.9. The number of rotatable bonds is 3. The number of carbonyl (C=O) groups excluding carboxylic acids is 1. The molecule has 0 spiro atoms. The number of esters is 1. The van der Waals surface area contributed by atoms with Gasteiger partial charge in [0.1, 0.15) is 5.60 Å². The van der Waals surface area contributed by atoms with Gasteiger partial charge in [0.2, 0.25) is 0 Å². The van der Waals surface area contributed by atoms with Crippen molar-refractivity contribution in [2.24, 2.45) is 11.7 Å². The fourth-order valence-electron chi connectivity index (χ4n) is 1.59. The van der Waals surface area contributed by atoms with E-state index in [9.17, 15) is 4.79 Å². The summed E-state index contributed by atoms with van der Waals surface area (Å²) in [7, 11) is 0. The minimum absolute atomic E-state index is 0.0626. The van der Waals surface area contributed by atoms with Crippen LogP contribution in [0.25, 0.3) is 0 Å². The zero-order chi connectivity index (χ0) is 13.9. The van der Waals surface area contributed by atoms with Gasteiger partial charge in [-0.1, -0.05) is 26.0 Å². The summed E-state index contributed by atoms with van der Waals surface area (Å²) in [6.07, 6.45) is 0. The van der Waals surface area contributed by atoms with Gasteiger partial charge in [-0.15, -0.1) is 0 Å². The molecule has 0 fully saturated rings. The molecule has 2 N–H and O–H groups in total. The first-order valence-corrected chi connectivity index (χ1v) is 6.29. The lowest BCUT2D eigenvalue weighted by Gasteiger charge is -2.20. The molecule has 1 unspecified atom stereocenters. The Balaban J connectivity index is 2.92. The monoisotopic (exact) mass is 249 g/mol. The number of ether oxygens (including phenoxy) is 1. The van der Waals surface area contributed by atoms with Crippen LogP contribution in [0.4, 0.5) is 0 Å². The lowest BCUT2D eigenvalue weighted by molar-refractivity contribution is 0.00694. The Morgan fingerprint density at radius 1 is 1.28 bits per heavy atom. The standard InChI is InChI=1S/C15H23NO2/c1-10(2)13(16)11-7-6-8-12(9-11)14(17)18-15(3,4)5/h6-10,13H,16H2,1-5H3. The largest absolute Gasteiger partial charge is 0.456 e. The molecule has 3 heteroatoms. The molecular weight excluding hydrogens is 226 g/mol. The van der Waals surface area contributed by atoms with Crippen LogP contribution in [0.5, 0.6) is 0 Å². The first kappa shape index (κ1) is 14.7. The van der Waals surface area contributed by atoms with Gasteiger partial charge in [0.25, 0.3) is 0 Å². The lowest BCUT2D eigenvalue weighted by atomic mass is 9.96. The summed E-state index contributed by atoms with van der Waals surface area (Å²) in [4.78, 5) is 11.9. The van der Waals surface area contributed by atoms with E-state index in [0.29, 0.717) is 11.5 Å². The van der Waals surface area contributed by atoms with Gasteiger partial charge in [-0.2, -0.15) is 0 Å². The Morgan fingerprint density at radius 2 is 1.89 bits per heavy atom. The molecule has 0 aliphatic rings. The number of nitrogens with two attached hydrogens (primary N) is 1. The van der Waals surface area contributed by atoms with Crippen molar-refractivity contribution in [3.63, 3.8) is 0 Å². The van der Waals surface area contributed by atoms with E-state index in [4.69, 9.17) is 10.5 Å². The highest BCUT2D eigenvalue weighted by molar-refractivity contribution is 5.89. The summed E-state index contributed by atoms with van der Waals surface area (Å²) in [6.45, 7) is 9.69. The second kappa shape index (κ2) is 5.53. The van der Waals surface area contributed by atoms with E-state index in [0.717, 1.165) is 5.56 Å². The molecule has 1 aromatic carbocycles. The van der Waals surface area contributed by atoms with E-state index in [2.05, 4.69) is 13.8 Å². The SMILES string of the molecule is CC(C)C(N)c1cccc(C(=O)OC(C)(C)C)c1. The second-order valence-electron chi connectivity index (χ2n) is 5.90. The van der Waals surface area contributed by atoms with Gasteiger partial charge in [0.15, 0.2) is 0 Å². The van der Waals surface area contributed by atoms with Gasteiger partial charge in [-0.25, -0.2) is 4.79 Å². The highest BCUT2D eigenvalue weighted by Gasteiger charge is 2.19. The average molecular weight is 249 g/mol. The van der Waals surface area contributed by atoms with Crippen molar-refractivity contribution in [2.75, 3.05) is 0 Å². The summed E-state index contributed by atoms with van der Waals surface area (Å²) in [5.74, 6) is 0.0270. The second-order valence-corrected chi connectivity index (χ2v) is 5.90. The topological polar surface area (TPSA) is 52.3 Å². The Morgan fingerprint density at radius 3 is 2.39 bits per heavy atom. The number of hydrogen-bond acceptors (Lipinski definition) is 3. The summed E-state index contributed by atoms with van der Waals surface area (Å²) in [5.41, 5.74) is 7.12. The number of benzene rings is 1. The van der Waals surface area contributed by atoms with E-state index < -0.39 is 5.60 Å². The summed E-state index contributed by atoms with van der Waals surface area (Å²) in [5, 5.41) is 0. The number of carbonyl (C=O) groups is 1. The van der Waals surface area contributed by atoms with Crippen molar-refractivity contribution >= 4 is 5.97 Å². The van der Waals surface area contributed by atoms with E-state index in [-0.39, 0.29) is 12.0 Å². The van der Waals surface area contributed by atoms with E-state index in [1.165, 1.54) is 0 Å². The van der Waals surface area contributed by atoms with Crippen molar-refractivity contribution in [1.82, 2.24) is 0 Å². The van der Waals surface area contributed by atoms with Crippen LogP contribution < -0.4 is 5.73 Å². The molecule has 0 heterocycles. The van der Waals surface area contributed by atoms with Crippen molar-refractivity contribution in [3.05, 3.63) is 35.4 Å². The van der Waals surface area contributed by atoms with Crippen molar-refractivity contribution < 1.29 is 9.53 Å². The average Bonchev–Trinajstić information content (AvgIpc) is 2.25. The lowest BCUT2D eigenvalue weighted by Crippen LogP contribution is -2.24. The van der Waals surface area contributed by atoms with Crippen LogP contribution in [0.3, 0.4) is 0 Å². The first-order chi connectivity index (χ1) is 8.20. The Bertz CT molecular complexity index is 419. The van der Waals surface area contributed by atoms with Crippen LogP contribution in [0, 0.1) is 5.92 Å². The van der Waals surface area contributed by atoms with Crippen LogP contribution in [-0.4, -0.2) is 11.6 Å². The quantitative estimate of drug-likeness (QED) is 0.836. The molecule has 3 nitrogen and oxygen atoms in total. The fourth-order valence-corrected chi connectivity index (χ4v) is 1.59. The van der Waals surface area contributed by atoms with Crippen molar-refractivity contribution in [3.8, 4) is 0 Å². The van der Waals surface area contributed by atoms with Gasteiger partial charge in [-0.05, 0) is 44.4 Å². The minimum atomic E-state index is -0.479. The highest BCUT2D eigenvalue weighted by atomic mass is 16.6. The molecule has 0 aliphatic carbocycles. The Labute approximate surface area is 109 Å². The zero-order valence-electron chi connectivity index (χ0n) is 11.9. The Hall–Kier alpha value is -1.35. The smallest absolute Gasteiger partial charge is 0.338 e. The predicted molar refractivity (Wildman–Crippen MR) is 73.4 cm³/mol. The molecule has 0 aliphatic heterocycles. The molecule has 100 valence electrons. The molecule has 0 saturated carbocycles. The van der Waals surface area contributed by atoms with E-state index in [1.54, 1.807) is 6.07 Å². The maximum Gasteiger partial charge on any atom is 0.338 e. The summed E-state index contributed by atoms with van der Waals surface area (Å²) in [6, 6.07) is 7.30. The third-order valence-corrected chi connectivity index (χ3v) is 2.62. The third-order valence-electron chi connectivity index (χ3n) is 2.62. The predicted octanol–water partition coefficient (Wildman–Crippen LogP) is 3.30. The fraction of sp³-hybridized carbons (Fsp3) is 0.533. The Kier molecular flexibility index (Phi) is 4.52. The third kappa shape index (κ3) is 4.15. The van der Waals surface area contributed by atoms with Crippen LogP contribution in [0.15, 0.2) is 24.3 Å². The van der Waals surface area contributed by atoms with E-state index in [1.807, 2.05) is 39.0 Å². The highest BCUT2D eigenvalue weighted by Crippen LogP contribution is 2.21. The molecule has 1 atom stereocenters. The van der Waals surface area contributed by atoms with Gasteiger partial charge in [0.05, 0.1) is 5.56 Å².